The summed E-state index contributed by atoms with van der Waals surface area (Å²) in [6.45, 7) is 1.86. The fraction of sp³-hybridized carbons (Fsp3) is 0.0714. The summed E-state index contributed by atoms with van der Waals surface area (Å²) < 4.78 is 28.9. The summed E-state index contributed by atoms with van der Waals surface area (Å²) in [5.41, 5.74) is 2.17. The van der Waals surface area contributed by atoms with E-state index in [-0.39, 0.29) is 4.90 Å². The lowest BCUT2D eigenvalue weighted by Gasteiger charge is -2.09. The first kappa shape index (κ1) is 12.7. The highest BCUT2D eigenvalue weighted by molar-refractivity contribution is 7.92. The van der Waals surface area contributed by atoms with E-state index in [1.165, 1.54) is 0 Å². The summed E-state index contributed by atoms with van der Waals surface area (Å²) >= 11 is 0. The molecule has 1 aromatic carbocycles. The van der Waals surface area contributed by atoms with Crippen LogP contribution >= 0.6 is 0 Å². The van der Waals surface area contributed by atoms with Gasteiger partial charge >= 0.3 is 0 Å². The van der Waals surface area contributed by atoms with Crippen molar-refractivity contribution in [3.05, 3.63) is 60.6 Å². The predicted octanol–water partition coefficient (Wildman–Crippen LogP) is 2.44. The molecule has 0 aliphatic heterocycles. The summed E-state index contributed by atoms with van der Waals surface area (Å²) in [7, 11) is -3.57. The number of aryl methyl sites for hydroxylation is 1. The van der Waals surface area contributed by atoms with Crippen molar-refractivity contribution in [3.8, 4) is 0 Å². The number of benzene rings is 1. The number of nitrogens with one attached hydrogen (secondary N) is 1. The van der Waals surface area contributed by atoms with E-state index < -0.39 is 10.0 Å². The van der Waals surface area contributed by atoms with Crippen molar-refractivity contribution in [2.24, 2.45) is 0 Å². The lowest BCUT2D eigenvalue weighted by molar-refractivity contribution is 0.601. The van der Waals surface area contributed by atoms with Crippen LogP contribution in [0.2, 0.25) is 0 Å². The van der Waals surface area contributed by atoms with E-state index in [4.69, 9.17) is 0 Å². The van der Waals surface area contributed by atoms with Gasteiger partial charge in [0.05, 0.1) is 10.6 Å². The van der Waals surface area contributed by atoms with Gasteiger partial charge in [-0.3, -0.25) is 4.72 Å². The molecule has 20 heavy (non-hydrogen) atoms. The van der Waals surface area contributed by atoms with E-state index >= 15 is 0 Å². The largest absolute Gasteiger partial charge is 0.305 e. The molecule has 3 rings (SSSR count). The maximum atomic E-state index is 12.3. The Morgan fingerprint density at radius 2 is 2.05 bits per heavy atom. The highest BCUT2D eigenvalue weighted by Crippen LogP contribution is 2.17. The molecule has 0 aliphatic carbocycles. The minimum Gasteiger partial charge on any atom is -0.305 e. The second-order valence-corrected chi connectivity index (χ2v) is 6.21. The molecule has 0 spiro atoms. The Hall–Kier alpha value is -2.34. The van der Waals surface area contributed by atoms with Crippen LogP contribution in [0.3, 0.4) is 0 Å². The SMILES string of the molecule is Cc1cccc(S(=O)(=O)Nc2ccc3nccn3c2)c1. The van der Waals surface area contributed by atoms with Crippen LogP contribution in [0.5, 0.6) is 0 Å². The molecule has 0 saturated heterocycles. The van der Waals surface area contributed by atoms with Crippen molar-refractivity contribution in [1.82, 2.24) is 9.38 Å². The maximum Gasteiger partial charge on any atom is 0.261 e. The molecular formula is C14H13N3O2S. The molecule has 0 aliphatic rings. The van der Waals surface area contributed by atoms with Crippen molar-refractivity contribution in [2.45, 2.75) is 11.8 Å². The quantitative estimate of drug-likeness (QED) is 0.804. The van der Waals surface area contributed by atoms with Crippen molar-refractivity contribution < 1.29 is 8.42 Å². The zero-order valence-electron chi connectivity index (χ0n) is 10.8. The van der Waals surface area contributed by atoms with Gasteiger partial charge in [-0.05, 0) is 36.8 Å². The van der Waals surface area contributed by atoms with Gasteiger partial charge in [-0.25, -0.2) is 13.4 Å². The number of aromatic nitrogens is 2. The summed E-state index contributed by atoms with van der Waals surface area (Å²) in [5, 5.41) is 0. The lowest BCUT2D eigenvalue weighted by Crippen LogP contribution is -2.13. The zero-order valence-corrected chi connectivity index (χ0v) is 11.6. The first-order chi connectivity index (χ1) is 9.54. The van der Waals surface area contributed by atoms with Crippen molar-refractivity contribution in [3.63, 3.8) is 0 Å². The van der Waals surface area contributed by atoms with Crippen molar-refractivity contribution in [1.29, 1.82) is 0 Å². The van der Waals surface area contributed by atoms with Crippen LogP contribution in [0, 0.1) is 6.92 Å². The van der Waals surface area contributed by atoms with Gasteiger partial charge in [-0.2, -0.15) is 0 Å². The Morgan fingerprint density at radius 3 is 2.85 bits per heavy atom. The number of anilines is 1. The highest BCUT2D eigenvalue weighted by Gasteiger charge is 2.14. The van der Waals surface area contributed by atoms with E-state index in [0.29, 0.717) is 5.69 Å². The zero-order chi connectivity index (χ0) is 14.2. The first-order valence-corrected chi connectivity index (χ1v) is 7.55. The van der Waals surface area contributed by atoms with Crippen molar-refractivity contribution in [2.75, 3.05) is 4.72 Å². The van der Waals surface area contributed by atoms with Gasteiger partial charge in [0.25, 0.3) is 10.0 Å². The van der Waals surface area contributed by atoms with E-state index in [0.717, 1.165) is 11.2 Å². The van der Waals surface area contributed by atoms with Gasteiger partial charge in [0.1, 0.15) is 5.65 Å². The predicted molar refractivity (Wildman–Crippen MR) is 77.2 cm³/mol. The van der Waals surface area contributed by atoms with Crippen LogP contribution in [-0.2, 0) is 10.0 Å². The Morgan fingerprint density at radius 1 is 1.20 bits per heavy atom. The average molecular weight is 287 g/mol. The van der Waals surface area contributed by atoms with Crippen LogP contribution in [0.1, 0.15) is 5.56 Å². The van der Waals surface area contributed by atoms with Crippen LogP contribution in [0.25, 0.3) is 5.65 Å². The minimum absolute atomic E-state index is 0.253. The molecule has 1 N–H and O–H groups in total. The topological polar surface area (TPSA) is 63.5 Å². The van der Waals surface area contributed by atoms with Crippen LogP contribution < -0.4 is 4.72 Å². The monoisotopic (exact) mass is 287 g/mol. The second kappa shape index (κ2) is 4.64. The third-order valence-electron chi connectivity index (χ3n) is 2.94. The Labute approximate surface area is 117 Å². The number of sulfonamides is 1. The molecule has 0 bridgehead atoms. The Balaban J connectivity index is 1.96. The maximum absolute atomic E-state index is 12.3. The molecule has 5 nitrogen and oxygen atoms in total. The summed E-state index contributed by atoms with van der Waals surface area (Å²) in [5.74, 6) is 0. The molecule has 0 saturated carbocycles. The highest BCUT2D eigenvalue weighted by atomic mass is 32.2. The molecule has 3 aromatic rings. The smallest absolute Gasteiger partial charge is 0.261 e. The Bertz CT molecular complexity index is 869. The first-order valence-electron chi connectivity index (χ1n) is 6.07. The molecule has 0 atom stereocenters. The molecule has 2 heterocycles. The van der Waals surface area contributed by atoms with Gasteiger partial charge in [0.15, 0.2) is 0 Å². The van der Waals surface area contributed by atoms with E-state index in [1.807, 2.05) is 13.0 Å². The number of rotatable bonds is 3. The average Bonchev–Trinajstić information content (AvgIpc) is 2.85. The minimum atomic E-state index is -3.57. The third-order valence-corrected chi connectivity index (χ3v) is 4.32. The molecule has 0 fully saturated rings. The number of hydrogen-bond acceptors (Lipinski definition) is 3. The normalized spacial score (nSPS) is 11.7. The van der Waals surface area contributed by atoms with E-state index in [9.17, 15) is 8.42 Å². The number of fused-ring (bicyclic) bond motifs is 1. The molecule has 0 unspecified atom stereocenters. The lowest BCUT2D eigenvalue weighted by atomic mass is 10.2. The van der Waals surface area contributed by atoms with Crippen LogP contribution in [0.15, 0.2) is 59.9 Å². The fourth-order valence-electron chi connectivity index (χ4n) is 1.98. The molecule has 0 radical (unpaired) electrons. The van der Waals surface area contributed by atoms with Crippen LogP contribution in [-0.4, -0.2) is 17.8 Å². The third kappa shape index (κ3) is 2.37. The number of imidazole rings is 1. The van der Waals surface area contributed by atoms with E-state index in [2.05, 4.69) is 9.71 Å². The molecule has 2 aromatic heterocycles. The second-order valence-electron chi connectivity index (χ2n) is 4.53. The van der Waals surface area contributed by atoms with E-state index in [1.54, 1.807) is 53.3 Å². The molecule has 102 valence electrons. The molecule has 0 amide bonds. The van der Waals surface area contributed by atoms with Gasteiger partial charge in [-0.1, -0.05) is 12.1 Å². The summed E-state index contributed by atoms with van der Waals surface area (Å²) in [4.78, 5) is 4.36. The van der Waals surface area contributed by atoms with Gasteiger partial charge in [0, 0.05) is 18.6 Å². The van der Waals surface area contributed by atoms with Gasteiger partial charge in [-0.15, -0.1) is 0 Å². The number of hydrogen-bond donors (Lipinski definition) is 1. The summed E-state index contributed by atoms with van der Waals surface area (Å²) in [6, 6.07) is 10.2. The number of nitrogens with zero attached hydrogens (tertiary/aromatic N) is 2. The fourth-order valence-corrected chi connectivity index (χ4v) is 3.12. The standard InChI is InChI=1S/C14H13N3O2S/c1-11-3-2-4-13(9-11)20(18,19)16-12-5-6-14-15-7-8-17(14)10-12/h2-10,16H,1H3. The summed E-state index contributed by atoms with van der Waals surface area (Å²) in [6.07, 6.45) is 5.11. The molecular weight excluding hydrogens is 274 g/mol. The molecule has 6 heteroatoms. The van der Waals surface area contributed by atoms with Crippen molar-refractivity contribution >= 4 is 21.4 Å². The van der Waals surface area contributed by atoms with Crippen LogP contribution in [0.4, 0.5) is 5.69 Å². The number of pyridine rings is 1. The Kier molecular flexibility index (Phi) is 2.94. The van der Waals surface area contributed by atoms with Gasteiger partial charge < -0.3 is 4.40 Å². The van der Waals surface area contributed by atoms with Gasteiger partial charge in [0.2, 0.25) is 0 Å².